The summed E-state index contributed by atoms with van der Waals surface area (Å²) >= 11 is 5.18. The number of unbranched alkanes of at least 4 members (excludes halogenated alkanes) is 3. The Labute approximate surface area is 233 Å². The lowest BCUT2D eigenvalue weighted by atomic mass is 9.71. The van der Waals surface area contributed by atoms with Crippen LogP contribution in [0.5, 0.6) is 0 Å². The molecular weight excluding hydrogens is 574 g/mol. The van der Waals surface area contributed by atoms with Crippen molar-refractivity contribution < 1.29 is 24.6 Å². The molecule has 38 heavy (non-hydrogen) atoms. The van der Waals surface area contributed by atoms with Crippen molar-refractivity contribution in [1.29, 1.82) is 0 Å². The molecule has 0 aliphatic carbocycles. The van der Waals surface area contributed by atoms with Crippen molar-refractivity contribution >= 4 is 56.5 Å². The number of rotatable bonds is 12. The minimum Gasteiger partial charge on any atom is -0.481 e. The monoisotopic (exact) mass is 605 g/mol. The number of alkyl halides is 1. The van der Waals surface area contributed by atoms with E-state index in [9.17, 15) is 19.5 Å². The van der Waals surface area contributed by atoms with Crippen LogP contribution in [0.25, 0.3) is 11.0 Å². The van der Waals surface area contributed by atoms with Gasteiger partial charge in [0.2, 0.25) is 11.8 Å². The number of halogens is 1. The maximum Gasteiger partial charge on any atom is 0.308 e. The smallest absolute Gasteiger partial charge is 0.308 e. The van der Waals surface area contributed by atoms with Gasteiger partial charge in [0.15, 0.2) is 0 Å². The fourth-order valence-electron chi connectivity index (χ4n) is 6.41. The van der Waals surface area contributed by atoms with Crippen LogP contribution in [0.1, 0.15) is 32.1 Å². The van der Waals surface area contributed by atoms with E-state index < -0.39 is 28.6 Å². The van der Waals surface area contributed by atoms with Gasteiger partial charge in [0.25, 0.3) is 0 Å². The number of benzene rings is 1. The summed E-state index contributed by atoms with van der Waals surface area (Å²) in [6, 6.07) is 6.72. The van der Waals surface area contributed by atoms with Crippen LogP contribution in [-0.2, 0) is 21.1 Å². The zero-order valence-electron chi connectivity index (χ0n) is 21.0. The number of aliphatic carboxylic acids is 1. The number of hydrogen-bond acceptors (Lipinski definition) is 7. The Kier molecular flexibility index (Phi) is 7.84. The fraction of sp³-hybridized carbons (Fsp3) is 0.577. The third kappa shape index (κ3) is 4.44. The molecule has 3 unspecified atom stereocenters. The van der Waals surface area contributed by atoms with E-state index >= 15 is 0 Å². The zero-order chi connectivity index (χ0) is 27.0. The van der Waals surface area contributed by atoms with Gasteiger partial charge in [0, 0.05) is 29.8 Å². The van der Waals surface area contributed by atoms with E-state index in [-0.39, 0.29) is 41.7 Å². The number of carboxylic acids is 1. The maximum absolute atomic E-state index is 14.4. The van der Waals surface area contributed by atoms with E-state index in [1.807, 2.05) is 24.3 Å². The van der Waals surface area contributed by atoms with Gasteiger partial charge in [-0.1, -0.05) is 52.2 Å². The highest BCUT2D eigenvalue weighted by Gasteiger charge is 2.75. The lowest BCUT2D eigenvalue weighted by Crippen LogP contribution is -2.55. The molecule has 6 atom stereocenters. The van der Waals surface area contributed by atoms with E-state index in [2.05, 4.69) is 32.8 Å². The van der Waals surface area contributed by atoms with Crippen LogP contribution in [0, 0.1) is 11.8 Å². The lowest BCUT2D eigenvalue weighted by molar-refractivity contribution is -0.148. The van der Waals surface area contributed by atoms with E-state index in [1.54, 1.807) is 20.6 Å². The standard InChI is InChI=1S/C26H32BrN5O5S/c1-2-11-30(15-32-18-10-6-5-9-17(18)28-29-32)24(35)22-26-14-16(27)21(38-26)19(25(36)37)20(26)23(34)31(22)12-7-3-4-8-13-33/h2,5-6,9-10,16,19-22,33H,1,3-4,7-8,11-15H2,(H,36,37)/t16?,19-,20+,21-,22?,26?/m1/s1. The predicted octanol–water partition coefficient (Wildman–Crippen LogP) is 2.51. The molecule has 2 aromatic rings. The Morgan fingerprint density at radius 1 is 1.26 bits per heavy atom. The van der Waals surface area contributed by atoms with Crippen molar-refractivity contribution in [1.82, 2.24) is 24.8 Å². The van der Waals surface area contributed by atoms with Crippen LogP contribution in [0.4, 0.5) is 0 Å². The first-order valence-electron chi connectivity index (χ1n) is 13.0. The molecule has 204 valence electrons. The average molecular weight is 607 g/mol. The number of fused-ring (bicyclic) bond motifs is 2. The highest BCUT2D eigenvalue weighted by atomic mass is 79.9. The minimum absolute atomic E-state index is 0.0930. The summed E-state index contributed by atoms with van der Waals surface area (Å²) in [5.41, 5.74) is 1.50. The first-order chi connectivity index (χ1) is 18.3. The number of aromatic nitrogens is 3. The van der Waals surface area contributed by atoms with Gasteiger partial charge in [-0.15, -0.1) is 23.4 Å². The molecule has 10 nitrogen and oxygen atoms in total. The van der Waals surface area contributed by atoms with Crippen molar-refractivity contribution in [2.45, 2.75) is 59.6 Å². The van der Waals surface area contributed by atoms with Crippen molar-refractivity contribution in [2.24, 2.45) is 11.8 Å². The lowest BCUT2D eigenvalue weighted by Gasteiger charge is -2.37. The summed E-state index contributed by atoms with van der Waals surface area (Å²) in [7, 11) is 0. The van der Waals surface area contributed by atoms with E-state index in [0.717, 1.165) is 18.4 Å². The molecule has 2 amide bonds. The number of carbonyl (C=O) groups is 3. The number of aliphatic hydroxyl groups excluding tert-OH is 1. The Morgan fingerprint density at radius 3 is 2.76 bits per heavy atom. The molecular formula is C26H32BrN5O5S. The van der Waals surface area contributed by atoms with Gasteiger partial charge in [-0.3, -0.25) is 14.4 Å². The maximum atomic E-state index is 14.4. The van der Waals surface area contributed by atoms with Gasteiger partial charge < -0.3 is 20.0 Å². The summed E-state index contributed by atoms with van der Waals surface area (Å²) in [5.74, 6) is -3.04. The van der Waals surface area contributed by atoms with Gasteiger partial charge in [-0.05, 0) is 31.4 Å². The van der Waals surface area contributed by atoms with Gasteiger partial charge in [0.1, 0.15) is 18.2 Å². The van der Waals surface area contributed by atoms with Crippen molar-refractivity contribution in [3.8, 4) is 0 Å². The zero-order valence-corrected chi connectivity index (χ0v) is 23.4. The van der Waals surface area contributed by atoms with E-state index in [0.29, 0.717) is 31.3 Å². The van der Waals surface area contributed by atoms with Crippen LogP contribution in [-0.4, -0.2) is 93.4 Å². The largest absolute Gasteiger partial charge is 0.481 e. The number of aliphatic hydroxyl groups is 1. The summed E-state index contributed by atoms with van der Waals surface area (Å²) in [6.45, 7) is 4.71. The number of hydrogen-bond donors (Lipinski definition) is 2. The SMILES string of the molecule is C=CCN(Cn1nnc2ccccc21)C(=O)C1N(CCCCCCO)C(=O)[C@@H]2[C@@H](C(=O)O)[C@@H]3SC12CC3Br. The first-order valence-corrected chi connectivity index (χ1v) is 14.8. The van der Waals surface area contributed by atoms with Crippen LogP contribution >= 0.6 is 27.7 Å². The second-order valence-electron chi connectivity index (χ2n) is 10.2. The minimum atomic E-state index is -0.986. The highest BCUT2D eigenvalue weighted by molar-refractivity contribution is 9.09. The molecule has 3 aliphatic heterocycles. The van der Waals surface area contributed by atoms with Gasteiger partial charge >= 0.3 is 5.97 Å². The Morgan fingerprint density at radius 2 is 2.03 bits per heavy atom. The van der Waals surface area contributed by atoms with Crippen LogP contribution in [0.15, 0.2) is 36.9 Å². The molecule has 0 saturated carbocycles. The molecule has 4 heterocycles. The number of thioether (sulfide) groups is 1. The summed E-state index contributed by atoms with van der Waals surface area (Å²) in [4.78, 5) is 43.8. The Bertz CT molecular complexity index is 1240. The number of carboxylic acid groups (broad SMARTS) is 1. The molecule has 1 aromatic heterocycles. The quantitative estimate of drug-likeness (QED) is 0.214. The number of amides is 2. The number of likely N-dealkylation sites (tertiary alicyclic amines) is 1. The summed E-state index contributed by atoms with van der Waals surface area (Å²) < 4.78 is 0.847. The molecule has 3 aliphatic rings. The topological polar surface area (TPSA) is 129 Å². The van der Waals surface area contributed by atoms with Crippen molar-refractivity contribution in [2.75, 3.05) is 19.7 Å². The second-order valence-corrected chi connectivity index (χ2v) is 13.0. The van der Waals surface area contributed by atoms with Crippen LogP contribution in [0.3, 0.4) is 0 Å². The highest BCUT2D eigenvalue weighted by Crippen LogP contribution is 2.67. The molecule has 12 heteroatoms. The van der Waals surface area contributed by atoms with Gasteiger partial charge in [-0.2, -0.15) is 0 Å². The Hall–Kier alpha value is -2.44. The molecule has 3 fully saturated rings. The number of nitrogens with zero attached hydrogens (tertiary/aromatic N) is 5. The van der Waals surface area contributed by atoms with Crippen LogP contribution in [0.2, 0.25) is 0 Å². The third-order valence-corrected chi connectivity index (χ3v) is 11.2. The average Bonchev–Trinajstić information content (AvgIpc) is 3.61. The number of carbonyl (C=O) groups excluding carboxylic acids is 2. The third-order valence-electron chi connectivity index (χ3n) is 8.00. The molecule has 2 N–H and O–H groups in total. The molecule has 3 saturated heterocycles. The van der Waals surface area contributed by atoms with Crippen LogP contribution < -0.4 is 0 Å². The molecule has 5 rings (SSSR count). The molecule has 0 radical (unpaired) electrons. The van der Waals surface area contributed by atoms with E-state index in [1.165, 1.54) is 11.8 Å². The Balaban J connectivity index is 1.48. The fourth-order valence-corrected chi connectivity index (χ4v) is 10.0. The summed E-state index contributed by atoms with van der Waals surface area (Å²) in [6.07, 6.45) is 5.20. The normalized spacial score (nSPS) is 29.7. The van der Waals surface area contributed by atoms with Gasteiger partial charge in [0.05, 0.1) is 22.1 Å². The van der Waals surface area contributed by atoms with Crippen molar-refractivity contribution in [3.05, 3.63) is 36.9 Å². The van der Waals surface area contributed by atoms with Gasteiger partial charge in [-0.25, -0.2) is 4.68 Å². The number of para-hydroxylation sites is 1. The predicted molar refractivity (Wildman–Crippen MR) is 147 cm³/mol. The van der Waals surface area contributed by atoms with Crippen molar-refractivity contribution in [3.63, 3.8) is 0 Å². The molecule has 1 spiro atoms. The second kappa shape index (κ2) is 11.0. The van der Waals surface area contributed by atoms with E-state index in [4.69, 9.17) is 5.11 Å². The molecule has 1 aromatic carbocycles. The first kappa shape index (κ1) is 27.1. The molecule has 2 bridgehead atoms. The summed E-state index contributed by atoms with van der Waals surface area (Å²) in [5, 5.41) is 27.4.